The fourth-order valence-electron chi connectivity index (χ4n) is 0.794. The van der Waals surface area contributed by atoms with Crippen LogP contribution in [-0.2, 0) is 9.47 Å². The van der Waals surface area contributed by atoms with Crippen molar-refractivity contribution in [2.24, 2.45) is 0 Å². The van der Waals surface area contributed by atoms with E-state index in [4.69, 9.17) is 9.47 Å². The Labute approximate surface area is 109 Å². The molecule has 0 unspecified atom stereocenters. The Bertz CT molecular complexity index is 160. The Hall–Kier alpha value is -0.300. The maximum Gasteiger partial charge on any atom is 0.278 e. The van der Waals surface area contributed by atoms with Crippen LogP contribution < -0.4 is 10.6 Å². The third-order valence-corrected chi connectivity index (χ3v) is 2.08. The van der Waals surface area contributed by atoms with Crippen molar-refractivity contribution in [2.75, 3.05) is 52.8 Å². The summed E-state index contributed by atoms with van der Waals surface area (Å²) < 4.78 is 10.5. The monoisotopic (exact) mass is 266 g/mol. The van der Waals surface area contributed by atoms with Crippen molar-refractivity contribution in [3.05, 3.63) is 0 Å². The van der Waals surface area contributed by atoms with Gasteiger partial charge in [-0.15, -0.1) is 0 Å². The first-order valence-electron chi connectivity index (χ1n) is 5.93. The van der Waals surface area contributed by atoms with E-state index in [9.17, 15) is 4.79 Å². The van der Waals surface area contributed by atoms with Gasteiger partial charge < -0.3 is 20.1 Å². The number of nitrogens with one attached hydrogen (secondary N) is 2. The van der Waals surface area contributed by atoms with Crippen molar-refractivity contribution >= 4 is 17.0 Å². The lowest BCUT2D eigenvalue weighted by Gasteiger charge is -2.06. The smallest absolute Gasteiger partial charge is 0.278 e. The van der Waals surface area contributed by atoms with Gasteiger partial charge in [0.15, 0.2) is 0 Å². The van der Waals surface area contributed by atoms with Crippen molar-refractivity contribution in [1.82, 2.24) is 10.6 Å². The molecule has 0 fully saturated rings. The third kappa shape index (κ3) is 18.3. The summed E-state index contributed by atoms with van der Waals surface area (Å²) in [6.45, 7) is 7.79. The maximum atomic E-state index is 10.8. The molecule has 0 atom stereocenters. The van der Waals surface area contributed by atoms with Crippen molar-refractivity contribution < 1.29 is 14.3 Å². The summed E-state index contributed by atoms with van der Waals surface area (Å²) in [6.07, 6.45) is 1.74. The molecule has 2 N–H and O–H groups in total. The predicted molar refractivity (Wildman–Crippen MR) is 73.8 cm³/mol. The Balaban J connectivity index is 0. The van der Waals surface area contributed by atoms with Crippen molar-refractivity contribution in [3.63, 3.8) is 0 Å². The summed E-state index contributed by atoms with van der Waals surface area (Å²) in [4.78, 5) is 10.8. The van der Waals surface area contributed by atoms with Crippen LogP contribution >= 0.6 is 11.8 Å². The topological polar surface area (TPSA) is 59.6 Å². The molecule has 0 aromatic heterocycles. The number of thioether (sulfide) groups is 1. The molecule has 5 nitrogen and oxygen atoms in total. The number of carbonyl (C=O) groups excluding carboxylic acids is 1. The summed E-state index contributed by atoms with van der Waals surface area (Å²) in [5.41, 5.74) is 0. The molecule has 1 amide bonds. The van der Waals surface area contributed by atoms with E-state index < -0.39 is 0 Å². The minimum Gasteiger partial charge on any atom is -0.378 e. The molecule has 17 heavy (non-hydrogen) atoms. The van der Waals surface area contributed by atoms with Crippen LogP contribution in [0.5, 0.6) is 0 Å². The van der Waals surface area contributed by atoms with E-state index in [0.717, 1.165) is 18.3 Å². The number of ether oxygens (including phenoxy) is 2. The van der Waals surface area contributed by atoms with Gasteiger partial charge in [-0.1, -0.05) is 25.6 Å². The largest absolute Gasteiger partial charge is 0.378 e. The zero-order chi connectivity index (χ0) is 13.4. The van der Waals surface area contributed by atoms with Crippen LogP contribution in [-0.4, -0.2) is 58.1 Å². The van der Waals surface area contributed by atoms with E-state index in [0.29, 0.717) is 33.0 Å². The van der Waals surface area contributed by atoms with Gasteiger partial charge in [0.2, 0.25) is 0 Å². The van der Waals surface area contributed by atoms with Crippen LogP contribution in [0.3, 0.4) is 0 Å². The lowest BCUT2D eigenvalue weighted by Crippen LogP contribution is -2.24. The summed E-state index contributed by atoms with van der Waals surface area (Å²) in [5, 5.41) is 5.65. The van der Waals surface area contributed by atoms with E-state index in [1.807, 2.05) is 20.9 Å². The highest BCUT2D eigenvalue weighted by atomic mass is 32.2. The first-order chi connectivity index (χ1) is 8.31. The van der Waals surface area contributed by atoms with Crippen molar-refractivity contribution in [1.29, 1.82) is 0 Å². The molecule has 0 aliphatic heterocycles. The second-order valence-electron chi connectivity index (χ2n) is 2.75. The van der Waals surface area contributed by atoms with Gasteiger partial charge in [0.05, 0.1) is 26.4 Å². The fraction of sp³-hybridized carbons (Fsp3) is 0.909. The Kier molecular flexibility index (Phi) is 20.3. The Morgan fingerprint density at radius 1 is 1.06 bits per heavy atom. The highest BCUT2D eigenvalue weighted by Gasteiger charge is 1.95. The third-order valence-electron chi connectivity index (χ3n) is 1.57. The molecule has 0 bridgehead atoms. The van der Waals surface area contributed by atoms with Gasteiger partial charge >= 0.3 is 0 Å². The van der Waals surface area contributed by atoms with Crippen LogP contribution in [0.1, 0.15) is 13.8 Å². The molecule has 0 aliphatic rings. The molecule has 0 saturated heterocycles. The quantitative estimate of drug-likeness (QED) is 0.617. The average Bonchev–Trinajstić information content (AvgIpc) is 2.39. The number of hydrogen-bond acceptors (Lipinski definition) is 5. The van der Waals surface area contributed by atoms with Gasteiger partial charge in [-0.25, -0.2) is 0 Å². The average molecular weight is 266 g/mol. The normalized spacial score (nSPS) is 9.41. The molecule has 0 saturated carbocycles. The van der Waals surface area contributed by atoms with Crippen LogP contribution in [0.25, 0.3) is 0 Å². The molecule has 0 aliphatic carbocycles. The van der Waals surface area contributed by atoms with Gasteiger partial charge in [0.25, 0.3) is 5.24 Å². The lowest BCUT2D eigenvalue weighted by atomic mass is 10.6. The second kappa shape index (κ2) is 18.1. The minimum absolute atomic E-state index is 0.0242. The number of amides is 1. The molecule has 6 heteroatoms. The highest BCUT2D eigenvalue weighted by Crippen LogP contribution is 1.91. The standard InChI is InChI=1S/C9H20N2O3S.C2H6/c1-10-3-5-13-7-8-14-6-4-11-9(12)15-2;1-2/h10H,3-8H2,1-2H3,(H,11,12);1-2H3. The number of rotatable bonds is 9. The molecular formula is C11H26N2O3S. The Morgan fingerprint density at radius 2 is 1.59 bits per heavy atom. The van der Waals surface area contributed by atoms with Crippen LogP contribution in [0.15, 0.2) is 0 Å². The van der Waals surface area contributed by atoms with Crippen LogP contribution in [0.2, 0.25) is 0 Å². The zero-order valence-electron chi connectivity index (χ0n) is 11.4. The maximum absolute atomic E-state index is 10.8. The number of carbonyl (C=O) groups is 1. The molecule has 104 valence electrons. The van der Waals surface area contributed by atoms with Crippen LogP contribution in [0.4, 0.5) is 4.79 Å². The zero-order valence-corrected chi connectivity index (χ0v) is 12.2. The first-order valence-corrected chi connectivity index (χ1v) is 7.15. The van der Waals surface area contributed by atoms with E-state index in [2.05, 4.69) is 10.6 Å². The molecule has 0 radical (unpaired) electrons. The molecule has 0 heterocycles. The summed E-state index contributed by atoms with van der Waals surface area (Å²) >= 11 is 1.16. The van der Waals surface area contributed by atoms with Gasteiger partial charge in [-0.3, -0.25) is 4.79 Å². The van der Waals surface area contributed by atoms with Gasteiger partial charge in [-0.2, -0.15) is 0 Å². The van der Waals surface area contributed by atoms with Crippen molar-refractivity contribution in [2.45, 2.75) is 13.8 Å². The molecular weight excluding hydrogens is 240 g/mol. The van der Waals surface area contributed by atoms with E-state index in [1.54, 1.807) is 6.26 Å². The highest BCUT2D eigenvalue weighted by molar-refractivity contribution is 8.12. The molecule has 0 aromatic carbocycles. The SMILES string of the molecule is CC.CNCCOCCOCCNC(=O)SC. The number of hydrogen-bond donors (Lipinski definition) is 2. The second-order valence-corrected chi connectivity index (χ2v) is 3.53. The van der Waals surface area contributed by atoms with E-state index in [-0.39, 0.29) is 5.24 Å². The predicted octanol–water partition coefficient (Wildman–Crippen LogP) is 1.34. The first kappa shape index (κ1) is 19.0. The minimum atomic E-state index is -0.0242. The molecule has 0 aromatic rings. The van der Waals surface area contributed by atoms with Gasteiger partial charge in [0.1, 0.15) is 0 Å². The summed E-state index contributed by atoms with van der Waals surface area (Å²) in [6, 6.07) is 0. The summed E-state index contributed by atoms with van der Waals surface area (Å²) in [7, 11) is 1.88. The lowest BCUT2D eigenvalue weighted by molar-refractivity contribution is 0.0511. The summed E-state index contributed by atoms with van der Waals surface area (Å²) in [5.74, 6) is 0. The molecule has 0 spiro atoms. The van der Waals surface area contributed by atoms with Crippen molar-refractivity contribution in [3.8, 4) is 0 Å². The van der Waals surface area contributed by atoms with Gasteiger partial charge in [-0.05, 0) is 13.3 Å². The molecule has 0 rings (SSSR count). The Morgan fingerprint density at radius 3 is 2.06 bits per heavy atom. The van der Waals surface area contributed by atoms with Crippen LogP contribution in [0, 0.1) is 0 Å². The number of likely N-dealkylation sites (N-methyl/N-ethyl adjacent to an activating group) is 1. The van der Waals surface area contributed by atoms with E-state index in [1.165, 1.54) is 0 Å². The van der Waals surface area contributed by atoms with E-state index >= 15 is 0 Å². The fourth-order valence-corrected chi connectivity index (χ4v) is 1.04. The van der Waals surface area contributed by atoms with Gasteiger partial charge in [0, 0.05) is 13.1 Å².